The van der Waals surface area contributed by atoms with Crippen molar-refractivity contribution in [1.29, 1.82) is 0 Å². The lowest BCUT2D eigenvalue weighted by molar-refractivity contribution is -0.137. The zero-order chi connectivity index (χ0) is 15.4. The Bertz CT molecular complexity index is 495. The van der Waals surface area contributed by atoms with Crippen molar-refractivity contribution < 1.29 is 9.90 Å². The monoisotopic (exact) mass is 314 g/mol. The van der Waals surface area contributed by atoms with E-state index in [0.717, 1.165) is 55.7 Å². The van der Waals surface area contributed by atoms with Crippen LogP contribution in [0.2, 0.25) is 5.02 Å². The van der Waals surface area contributed by atoms with Gasteiger partial charge in [-0.05, 0) is 13.8 Å². The fourth-order valence-corrected chi connectivity index (χ4v) is 2.85. The number of aliphatic carboxylic acids is 1. The van der Waals surface area contributed by atoms with Crippen LogP contribution >= 0.6 is 11.6 Å². The topological polar surface area (TPSA) is 61.6 Å². The molecular weight excluding hydrogens is 292 g/mol. The average Bonchev–Trinajstić information content (AvgIpc) is 2.74. The molecule has 21 heavy (non-hydrogen) atoms. The summed E-state index contributed by atoms with van der Waals surface area (Å²) >= 11 is 6.34. The molecule has 7 heteroatoms. The van der Waals surface area contributed by atoms with Gasteiger partial charge in [-0.1, -0.05) is 11.6 Å². The molecule has 0 amide bonds. The van der Waals surface area contributed by atoms with E-state index in [1.54, 1.807) is 0 Å². The lowest BCUT2D eigenvalue weighted by Gasteiger charge is -2.34. The Hall–Kier alpha value is -1.11. The molecule has 1 aliphatic heterocycles. The predicted octanol–water partition coefficient (Wildman–Crippen LogP) is 1.46. The van der Waals surface area contributed by atoms with E-state index in [4.69, 9.17) is 16.7 Å². The largest absolute Gasteiger partial charge is 0.481 e. The molecule has 1 N–H and O–H groups in total. The molecule has 6 nitrogen and oxygen atoms in total. The van der Waals surface area contributed by atoms with Crippen molar-refractivity contribution in [1.82, 2.24) is 19.6 Å². The Balaban J connectivity index is 1.87. The number of hydrogen-bond donors (Lipinski definition) is 1. The van der Waals surface area contributed by atoms with Crippen LogP contribution in [-0.4, -0.2) is 63.4 Å². The Morgan fingerprint density at radius 3 is 2.48 bits per heavy atom. The first-order chi connectivity index (χ1) is 10.0. The third kappa shape index (κ3) is 4.18. The summed E-state index contributed by atoms with van der Waals surface area (Å²) in [6.45, 7) is 9.94. The number of rotatable bonds is 6. The second kappa shape index (κ2) is 7.24. The van der Waals surface area contributed by atoms with Crippen LogP contribution in [-0.2, 0) is 17.9 Å². The molecular formula is C14H23ClN4O2. The minimum atomic E-state index is -0.730. The quantitative estimate of drug-likeness (QED) is 0.861. The van der Waals surface area contributed by atoms with Crippen molar-refractivity contribution in [3.8, 4) is 0 Å². The molecule has 1 saturated heterocycles. The summed E-state index contributed by atoms with van der Waals surface area (Å²) in [4.78, 5) is 15.2. The van der Waals surface area contributed by atoms with E-state index >= 15 is 0 Å². The number of aromatic nitrogens is 2. The van der Waals surface area contributed by atoms with E-state index in [1.807, 2.05) is 11.6 Å². The first-order valence-corrected chi connectivity index (χ1v) is 7.77. The molecule has 0 bridgehead atoms. The molecule has 0 aromatic carbocycles. The van der Waals surface area contributed by atoms with E-state index in [9.17, 15) is 4.79 Å². The Labute approximate surface area is 130 Å². The van der Waals surface area contributed by atoms with Crippen LogP contribution in [0.5, 0.6) is 0 Å². The van der Waals surface area contributed by atoms with Crippen molar-refractivity contribution in [2.75, 3.05) is 32.7 Å². The lowest BCUT2D eigenvalue weighted by atomic mass is 10.2. The van der Waals surface area contributed by atoms with Crippen molar-refractivity contribution >= 4 is 17.6 Å². The number of carbonyl (C=O) groups is 1. The van der Waals surface area contributed by atoms with Gasteiger partial charge in [-0.2, -0.15) is 5.10 Å². The maximum absolute atomic E-state index is 10.6. The molecule has 2 heterocycles. The van der Waals surface area contributed by atoms with E-state index < -0.39 is 5.97 Å². The third-order valence-electron chi connectivity index (χ3n) is 3.93. The number of halogens is 1. The van der Waals surface area contributed by atoms with Gasteiger partial charge in [-0.25, -0.2) is 0 Å². The summed E-state index contributed by atoms with van der Waals surface area (Å²) in [6.07, 6.45) is 0.216. The Morgan fingerprint density at radius 2 is 1.90 bits per heavy atom. The highest BCUT2D eigenvalue weighted by Crippen LogP contribution is 2.22. The van der Waals surface area contributed by atoms with Crippen LogP contribution < -0.4 is 0 Å². The lowest BCUT2D eigenvalue weighted by Crippen LogP contribution is -2.46. The minimum absolute atomic E-state index is 0.216. The van der Waals surface area contributed by atoms with E-state index in [-0.39, 0.29) is 6.42 Å². The SMILES string of the molecule is CCn1nc(C)c(Cl)c1CN1CCN(CCC(=O)O)CC1. The third-order valence-corrected chi connectivity index (χ3v) is 4.42. The van der Waals surface area contributed by atoms with Gasteiger partial charge in [0.05, 0.1) is 22.8 Å². The van der Waals surface area contributed by atoms with Crippen LogP contribution in [0.4, 0.5) is 0 Å². The van der Waals surface area contributed by atoms with Gasteiger partial charge in [0, 0.05) is 45.8 Å². The summed E-state index contributed by atoms with van der Waals surface area (Å²) in [5, 5.41) is 13.9. The van der Waals surface area contributed by atoms with Crippen molar-refractivity contribution in [3.05, 3.63) is 16.4 Å². The number of aryl methyl sites for hydroxylation is 2. The number of piperazine rings is 1. The van der Waals surface area contributed by atoms with Crippen LogP contribution in [0.25, 0.3) is 0 Å². The molecule has 0 radical (unpaired) electrons. The van der Waals surface area contributed by atoms with Gasteiger partial charge < -0.3 is 10.0 Å². The summed E-state index contributed by atoms with van der Waals surface area (Å²) in [5.74, 6) is -0.730. The van der Waals surface area contributed by atoms with Crippen LogP contribution in [0.3, 0.4) is 0 Å². The Morgan fingerprint density at radius 1 is 1.29 bits per heavy atom. The van der Waals surface area contributed by atoms with Gasteiger partial charge in [-0.15, -0.1) is 0 Å². The van der Waals surface area contributed by atoms with Crippen molar-refractivity contribution in [2.24, 2.45) is 0 Å². The first-order valence-electron chi connectivity index (χ1n) is 7.39. The molecule has 0 atom stereocenters. The average molecular weight is 315 g/mol. The summed E-state index contributed by atoms with van der Waals surface area (Å²) in [5.41, 5.74) is 1.96. The highest BCUT2D eigenvalue weighted by Gasteiger charge is 2.21. The zero-order valence-corrected chi connectivity index (χ0v) is 13.4. The maximum Gasteiger partial charge on any atom is 0.304 e. The fraction of sp³-hybridized carbons (Fsp3) is 0.714. The minimum Gasteiger partial charge on any atom is -0.481 e. The predicted molar refractivity (Wildman–Crippen MR) is 81.6 cm³/mol. The van der Waals surface area contributed by atoms with Crippen LogP contribution in [0.1, 0.15) is 24.7 Å². The molecule has 1 aliphatic rings. The van der Waals surface area contributed by atoms with Crippen molar-refractivity contribution in [2.45, 2.75) is 33.4 Å². The smallest absolute Gasteiger partial charge is 0.304 e. The highest BCUT2D eigenvalue weighted by molar-refractivity contribution is 6.31. The van der Waals surface area contributed by atoms with Gasteiger partial charge in [-0.3, -0.25) is 14.4 Å². The first kappa shape index (κ1) is 16.3. The molecule has 1 fully saturated rings. The van der Waals surface area contributed by atoms with Crippen LogP contribution in [0.15, 0.2) is 0 Å². The zero-order valence-electron chi connectivity index (χ0n) is 12.7. The van der Waals surface area contributed by atoms with Gasteiger partial charge in [0.1, 0.15) is 0 Å². The molecule has 2 rings (SSSR count). The number of carboxylic acids is 1. The molecule has 0 unspecified atom stereocenters. The van der Waals surface area contributed by atoms with E-state index in [0.29, 0.717) is 6.54 Å². The molecule has 0 aliphatic carbocycles. The maximum atomic E-state index is 10.6. The molecule has 1 aromatic rings. The van der Waals surface area contributed by atoms with E-state index in [1.165, 1.54) is 0 Å². The standard InChI is InChI=1S/C14H23ClN4O2/c1-3-19-12(14(15)11(2)16-19)10-18-8-6-17(7-9-18)5-4-13(20)21/h3-10H2,1-2H3,(H,20,21). The van der Waals surface area contributed by atoms with Gasteiger partial charge >= 0.3 is 5.97 Å². The molecule has 1 aromatic heterocycles. The van der Waals surface area contributed by atoms with Gasteiger partial charge in [0.2, 0.25) is 0 Å². The van der Waals surface area contributed by atoms with Gasteiger partial charge in [0.25, 0.3) is 0 Å². The number of nitrogens with zero attached hydrogens (tertiary/aromatic N) is 4. The Kier molecular flexibility index (Phi) is 5.61. The van der Waals surface area contributed by atoms with Gasteiger partial charge in [0.15, 0.2) is 0 Å². The fourth-order valence-electron chi connectivity index (χ4n) is 2.66. The molecule has 118 valence electrons. The second-order valence-electron chi connectivity index (χ2n) is 5.42. The highest BCUT2D eigenvalue weighted by atomic mass is 35.5. The second-order valence-corrected chi connectivity index (χ2v) is 5.80. The van der Waals surface area contributed by atoms with E-state index in [2.05, 4.69) is 21.8 Å². The summed E-state index contributed by atoms with van der Waals surface area (Å²) in [7, 11) is 0. The number of carboxylic acid groups (broad SMARTS) is 1. The summed E-state index contributed by atoms with van der Waals surface area (Å²) in [6, 6.07) is 0. The summed E-state index contributed by atoms with van der Waals surface area (Å²) < 4.78 is 1.97. The molecule has 0 spiro atoms. The van der Waals surface area contributed by atoms with Crippen LogP contribution in [0, 0.1) is 6.92 Å². The normalized spacial score (nSPS) is 17.3. The van der Waals surface area contributed by atoms with Crippen molar-refractivity contribution in [3.63, 3.8) is 0 Å². The number of hydrogen-bond acceptors (Lipinski definition) is 4. The molecule has 0 saturated carbocycles.